The van der Waals surface area contributed by atoms with Gasteiger partial charge in [-0.15, -0.1) is 18.5 Å². The van der Waals surface area contributed by atoms with E-state index in [1.165, 1.54) is 11.3 Å². The van der Waals surface area contributed by atoms with E-state index in [2.05, 4.69) is 32.3 Å². The molecule has 0 atom stereocenters. The van der Waals surface area contributed by atoms with Crippen molar-refractivity contribution in [3.05, 3.63) is 11.6 Å². The van der Waals surface area contributed by atoms with Gasteiger partial charge in [0.1, 0.15) is 0 Å². The molecule has 1 nitrogen and oxygen atoms in total. The standard InChI is InChI=1S/C8H12B2N.W/c1-3-4-7-5-9-10-6-8(7)11-2;/h3,5-6H2,1-2H3;/q-1;. The van der Waals surface area contributed by atoms with E-state index >= 15 is 0 Å². The van der Waals surface area contributed by atoms with Crippen molar-refractivity contribution in [2.75, 3.05) is 7.05 Å². The Morgan fingerprint density at radius 2 is 2.08 bits per heavy atom. The first-order chi connectivity index (χ1) is 5.38. The average molecular weight is 328 g/mol. The Balaban J connectivity index is 0.00000121. The maximum Gasteiger partial charge on any atom is 0.0658 e. The van der Waals surface area contributed by atoms with Crippen LogP contribution in [0.4, 0.5) is 0 Å². The Kier molecular flexibility index (Phi) is 6.84. The van der Waals surface area contributed by atoms with Gasteiger partial charge in [-0.05, 0) is 0 Å². The second-order valence-corrected chi connectivity index (χ2v) is 2.56. The molecule has 1 fully saturated rings. The topological polar surface area (TPSA) is 12.4 Å². The zero-order chi connectivity index (χ0) is 8.10. The molecular weight excluding hydrogens is 316 g/mol. The van der Waals surface area contributed by atoms with E-state index in [1.807, 2.05) is 7.05 Å². The molecule has 62 valence electrons. The van der Waals surface area contributed by atoms with Gasteiger partial charge in [0.25, 0.3) is 0 Å². The van der Waals surface area contributed by atoms with Gasteiger partial charge >= 0.3 is 0 Å². The van der Waals surface area contributed by atoms with Crippen LogP contribution in [0.15, 0.2) is 10.6 Å². The Morgan fingerprint density at radius 1 is 1.42 bits per heavy atom. The molecule has 0 aromatic rings. The fourth-order valence-electron chi connectivity index (χ4n) is 1.25. The largest absolute Gasteiger partial charge is 0.387 e. The Labute approximate surface area is 90.8 Å². The molecule has 0 aliphatic carbocycles. The molecule has 1 aliphatic rings. The second-order valence-electron chi connectivity index (χ2n) is 2.56. The van der Waals surface area contributed by atoms with Gasteiger partial charge in [0.2, 0.25) is 0 Å². The first-order valence-electron chi connectivity index (χ1n) is 4.09. The first-order valence-corrected chi connectivity index (χ1v) is 4.09. The molecular formula is C8H12B2NW-. The van der Waals surface area contributed by atoms with Crippen LogP contribution < -0.4 is 0 Å². The third kappa shape index (κ3) is 3.31. The van der Waals surface area contributed by atoms with E-state index in [1.54, 1.807) is 0 Å². The quantitative estimate of drug-likeness (QED) is 0.509. The van der Waals surface area contributed by atoms with Gasteiger partial charge in [-0.25, -0.2) is 5.57 Å². The summed E-state index contributed by atoms with van der Waals surface area (Å²) in [5.41, 5.74) is 2.49. The maximum absolute atomic E-state index is 4.21. The summed E-state index contributed by atoms with van der Waals surface area (Å²) in [4.78, 5) is 4.21. The van der Waals surface area contributed by atoms with Gasteiger partial charge in [0, 0.05) is 28.1 Å². The van der Waals surface area contributed by atoms with Crippen molar-refractivity contribution in [2.45, 2.75) is 26.0 Å². The minimum atomic E-state index is 0. The maximum atomic E-state index is 4.21. The number of rotatable bonds is 1. The zero-order valence-corrected chi connectivity index (χ0v) is 10.6. The first kappa shape index (κ1) is 12.2. The van der Waals surface area contributed by atoms with E-state index in [0.29, 0.717) is 0 Å². The number of aliphatic imine (C=N–C) groups is 1. The predicted molar refractivity (Wildman–Crippen MR) is 51.5 cm³/mol. The van der Waals surface area contributed by atoms with Crippen LogP contribution in [0.3, 0.4) is 0 Å². The van der Waals surface area contributed by atoms with E-state index in [4.69, 9.17) is 0 Å². The van der Waals surface area contributed by atoms with E-state index < -0.39 is 0 Å². The number of hydrogen-bond acceptors (Lipinski definition) is 1. The summed E-state index contributed by atoms with van der Waals surface area (Å²) >= 11 is 0. The van der Waals surface area contributed by atoms with Crippen LogP contribution in [0.2, 0.25) is 12.6 Å². The van der Waals surface area contributed by atoms with E-state index in [0.717, 1.165) is 19.1 Å². The monoisotopic (exact) mass is 328 g/mol. The molecule has 0 aromatic carbocycles. The SMILES string of the molecule is CC[C-]=C1C[B][B]CC1=NC.[W]. The Morgan fingerprint density at radius 3 is 2.67 bits per heavy atom. The summed E-state index contributed by atoms with van der Waals surface area (Å²) in [5, 5.41) is 0. The van der Waals surface area contributed by atoms with Gasteiger partial charge in [-0.1, -0.05) is 13.2 Å². The van der Waals surface area contributed by atoms with Gasteiger partial charge in [-0.2, -0.15) is 0 Å². The van der Waals surface area contributed by atoms with Crippen LogP contribution in [0, 0.1) is 6.08 Å². The third-order valence-electron chi connectivity index (χ3n) is 1.81. The summed E-state index contributed by atoms with van der Waals surface area (Å²) < 4.78 is 0. The van der Waals surface area contributed by atoms with Crippen molar-refractivity contribution in [1.82, 2.24) is 0 Å². The van der Waals surface area contributed by atoms with Crippen molar-refractivity contribution in [2.24, 2.45) is 4.99 Å². The van der Waals surface area contributed by atoms with Crippen molar-refractivity contribution in [3.63, 3.8) is 0 Å². The van der Waals surface area contributed by atoms with Gasteiger partial charge in [-0.3, -0.25) is 6.08 Å². The summed E-state index contributed by atoms with van der Waals surface area (Å²) in [5.74, 6) is 0. The zero-order valence-electron chi connectivity index (χ0n) is 7.63. The third-order valence-corrected chi connectivity index (χ3v) is 1.81. The number of hydrogen-bond donors (Lipinski definition) is 0. The van der Waals surface area contributed by atoms with Crippen LogP contribution in [0.5, 0.6) is 0 Å². The normalized spacial score (nSPS) is 22.8. The summed E-state index contributed by atoms with van der Waals surface area (Å²) in [6.07, 6.45) is 6.31. The molecule has 0 amide bonds. The van der Waals surface area contributed by atoms with Crippen LogP contribution >= 0.6 is 0 Å². The predicted octanol–water partition coefficient (Wildman–Crippen LogP) is 1.37. The van der Waals surface area contributed by atoms with Crippen molar-refractivity contribution >= 4 is 20.1 Å². The molecule has 0 N–H and O–H groups in total. The molecule has 4 heteroatoms. The summed E-state index contributed by atoms with van der Waals surface area (Å²) in [7, 11) is 6.21. The minimum absolute atomic E-state index is 0. The molecule has 0 saturated carbocycles. The fraction of sp³-hybridized carbons (Fsp3) is 0.625. The smallest absolute Gasteiger partial charge is 0.0658 e. The van der Waals surface area contributed by atoms with Gasteiger partial charge < -0.3 is 4.99 Å². The average Bonchev–Trinajstić information content (AvgIpc) is 2.06. The van der Waals surface area contributed by atoms with Crippen LogP contribution in [-0.4, -0.2) is 27.1 Å². The van der Waals surface area contributed by atoms with Gasteiger partial charge in [0.05, 0.1) is 14.3 Å². The molecule has 1 saturated heterocycles. The molecule has 1 aliphatic heterocycles. The molecule has 0 bridgehead atoms. The number of nitrogens with zero attached hydrogens (tertiary/aromatic N) is 1. The molecule has 1 rings (SSSR count). The molecule has 1 heterocycles. The number of allylic oxidation sites excluding steroid dienone is 2. The van der Waals surface area contributed by atoms with E-state index in [9.17, 15) is 0 Å². The molecule has 0 unspecified atom stereocenters. The molecule has 12 heavy (non-hydrogen) atoms. The van der Waals surface area contributed by atoms with Crippen LogP contribution in [0.25, 0.3) is 0 Å². The van der Waals surface area contributed by atoms with Crippen molar-refractivity contribution < 1.29 is 21.1 Å². The van der Waals surface area contributed by atoms with Crippen LogP contribution in [-0.2, 0) is 21.1 Å². The van der Waals surface area contributed by atoms with E-state index in [-0.39, 0.29) is 21.1 Å². The summed E-state index contributed by atoms with van der Waals surface area (Å²) in [6, 6.07) is 0. The molecule has 2 radical (unpaired) electrons. The van der Waals surface area contributed by atoms with Gasteiger partial charge in [0.15, 0.2) is 0 Å². The molecule has 0 spiro atoms. The fourth-order valence-corrected chi connectivity index (χ4v) is 1.25. The minimum Gasteiger partial charge on any atom is -0.387 e. The summed E-state index contributed by atoms with van der Waals surface area (Å²) in [6.45, 7) is 2.11. The van der Waals surface area contributed by atoms with Crippen molar-refractivity contribution in [3.8, 4) is 0 Å². The Hall–Kier alpha value is 0.228. The van der Waals surface area contributed by atoms with Crippen LogP contribution in [0.1, 0.15) is 13.3 Å². The molecule has 0 aromatic heterocycles. The van der Waals surface area contributed by atoms with Crippen molar-refractivity contribution in [1.29, 1.82) is 0 Å². The second kappa shape index (κ2) is 6.71. The Bertz CT molecular complexity index is 189.